The van der Waals surface area contributed by atoms with E-state index in [-0.39, 0.29) is 0 Å². The van der Waals surface area contributed by atoms with Gasteiger partial charge in [0.05, 0.1) is 27.2 Å². The molecule has 94 valence electrons. The summed E-state index contributed by atoms with van der Waals surface area (Å²) in [6.45, 7) is 0. The van der Waals surface area contributed by atoms with Crippen molar-refractivity contribution in [3.63, 3.8) is 0 Å². The van der Waals surface area contributed by atoms with Gasteiger partial charge in [-0.3, -0.25) is 0 Å². The van der Waals surface area contributed by atoms with Crippen molar-refractivity contribution in [3.8, 4) is 16.9 Å². The minimum atomic E-state index is 0.442. The lowest BCUT2D eigenvalue weighted by Crippen LogP contribution is -1.89. The molecule has 0 bridgehead atoms. The van der Waals surface area contributed by atoms with Crippen molar-refractivity contribution >= 4 is 46.4 Å². The van der Waals surface area contributed by atoms with E-state index in [0.717, 1.165) is 11.1 Å². The molecule has 2 aromatic rings. The number of hydrogen-bond acceptors (Lipinski definition) is 1. The number of hydrogen-bond donors (Lipinski definition) is 0. The van der Waals surface area contributed by atoms with Gasteiger partial charge in [-0.2, -0.15) is 0 Å². The molecule has 0 N–H and O–H groups in total. The molecule has 18 heavy (non-hydrogen) atoms. The van der Waals surface area contributed by atoms with Gasteiger partial charge < -0.3 is 4.74 Å². The molecule has 0 saturated carbocycles. The molecule has 1 nitrogen and oxygen atoms in total. The fourth-order valence-corrected chi connectivity index (χ4v) is 2.20. The summed E-state index contributed by atoms with van der Waals surface area (Å²) in [6.07, 6.45) is 0. The zero-order valence-corrected chi connectivity index (χ0v) is 12.3. The first-order valence-electron chi connectivity index (χ1n) is 5.01. The Morgan fingerprint density at radius 3 is 2.00 bits per heavy atom. The van der Waals surface area contributed by atoms with E-state index in [2.05, 4.69) is 0 Å². The number of methoxy groups -OCH3 is 1. The summed E-state index contributed by atoms with van der Waals surface area (Å²) < 4.78 is 5.29. The van der Waals surface area contributed by atoms with Crippen LogP contribution in [0.25, 0.3) is 11.1 Å². The van der Waals surface area contributed by atoms with Crippen molar-refractivity contribution in [1.29, 1.82) is 0 Å². The molecule has 0 amide bonds. The van der Waals surface area contributed by atoms with E-state index in [0.29, 0.717) is 25.8 Å². The van der Waals surface area contributed by atoms with Gasteiger partial charge in [-0.1, -0.05) is 52.5 Å². The molecule has 0 spiro atoms. The highest BCUT2D eigenvalue weighted by atomic mass is 35.5. The monoisotopic (exact) mass is 320 g/mol. The number of halogens is 4. The van der Waals surface area contributed by atoms with Crippen LogP contribution in [0.4, 0.5) is 0 Å². The van der Waals surface area contributed by atoms with E-state index >= 15 is 0 Å². The summed E-state index contributed by atoms with van der Waals surface area (Å²) in [5, 5.41) is 1.87. The van der Waals surface area contributed by atoms with Gasteiger partial charge in [-0.05, 0) is 23.8 Å². The third-order valence-electron chi connectivity index (χ3n) is 2.47. The maximum absolute atomic E-state index is 6.02. The maximum Gasteiger partial charge on any atom is 0.128 e. The van der Waals surface area contributed by atoms with Crippen LogP contribution in [0.2, 0.25) is 20.1 Å². The average molecular weight is 322 g/mol. The molecule has 0 aliphatic heterocycles. The lowest BCUT2D eigenvalue weighted by atomic mass is 10.0. The highest BCUT2D eigenvalue weighted by Gasteiger charge is 2.11. The quantitative estimate of drug-likeness (QED) is 0.661. The van der Waals surface area contributed by atoms with Gasteiger partial charge in [0.25, 0.3) is 0 Å². The Balaban J connectivity index is 2.62. The zero-order chi connectivity index (χ0) is 13.3. The summed E-state index contributed by atoms with van der Waals surface area (Å²) >= 11 is 23.9. The summed E-state index contributed by atoms with van der Waals surface area (Å²) in [5.41, 5.74) is 1.67. The Morgan fingerprint density at radius 1 is 0.778 bits per heavy atom. The summed E-state index contributed by atoms with van der Waals surface area (Å²) in [7, 11) is 1.57. The van der Waals surface area contributed by atoms with Crippen molar-refractivity contribution in [1.82, 2.24) is 0 Å². The zero-order valence-electron chi connectivity index (χ0n) is 9.31. The molecule has 0 radical (unpaired) electrons. The van der Waals surface area contributed by atoms with Crippen LogP contribution in [0, 0.1) is 0 Å². The highest BCUT2D eigenvalue weighted by Crippen LogP contribution is 2.38. The Hall–Kier alpha value is -0.600. The van der Waals surface area contributed by atoms with Crippen LogP contribution in [0.1, 0.15) is 0 Å². The van der Waals surface area contributed by atoms with Crippen LogP contribution in [0.5, 0.6) is 5.75 Å². The average Bonchev–Trinajstić information content (AvgIpc) is 2.35. The van der Waals surface area contributed by atoms with Crippen molar-refractivity contribution < 1.29 is 4.74 Å². The summed E-state index contributed by atoms with van der Waals surface area (Å²) in [4.78, 5) is 0. The van der Waals surface area contributed by atoms with E-state index in [9.17, 15) is 0 Å². The first-order chi connectivity index (χ1) is 8.52. The van der Waals surface area contributed by atoms with Crippen LogP contribution in [0.3, 0.4) is 0 Å². The fraction of sp³-hybridized carbons (Fsp3) is 0.0769. The maximum atomic E-state index is 6.02. The van der Waals surface area contributed by atoms with Crippen LogP contribution in [-0.2, 0) is 0 Å². The van der Waals surface area contributed by atoms with Gasteiger partial charge in [0, 0.05) is 11.6 Å². The molecule has 0 saturated heterocycles. The standard InChI is InChI=1S/C13H8Cl4O/c1-18-13-6-12(17)11(16)5-8(13)7-2-3-9(14)10(15)4-7/h2-6H,1H3. The third kappa shape index (κ3) is 2.70. The largest absolute Gasteiger partial charge is 0.496 e. The van der Waals surface area contributed by atoms with Crippen molar-refractivity contribution in [2.75, 3.05) is 7.11 Å². The van der Waals surface area contributed by atoms with Crippen molar-refractivity contribution in [2.45, 2.75) is 0 Å². The minimum absolute atomic E-state index is 0.442. The van der Waals surface area contributed by atoms with E-state index in [1.54, 1.807) is 31.4 Å². The minimum Gasteiger partial charge on any atom is -0.496 e. The molecule has 5 heteroatoms. The van der Waals surface area contributed by atoms with Crippen molar-refractivity contribution in [3.05, 3.63) is 50.4 Å². The van der Waals surface area contributed by atoms with Crippen molar-refractivity contribution in [2.24, 2.45) is 0 Å². The molecule has 0 atom stereocenters. The van der Waals surface area contributed by atoms with Gasteiger partial charge in [0.15, 0.2) is 0 Å². The molecule has 0 fully saturated rings. The van der Waals surface area contributed by atoms with E-state index < -0.39 is 0 Å². The number of ether oxygens (including phenoxy) is 1. The van der Waals surface area contributed by atoms with Gasteiger partial charge in [0.2, 0.25) is 0 Å². The first kappa shape index (κ1) is 13.8. The second kappa shape index (κ2) is 5.58. The molecule has 0 aliphatic carbocycles. The SMILES string of the molecule is COc1cc(Cl)c(Cl)cc1-c1ccc(Cl)c(Cl)c1. The molecule has 2 rings (SSSR count). The molecule has 0 aliphatic rings. The lowest BCUT2D eigenvalue weighted by Gasteiger charge is -2.11. The predicted octanol–water partition coefficient (Wildman–Crippen LogP) is 5.98. The predicted molar refractivity (Wildman–Crippen MR) is 78.5 cm³/mol. The first-order valence-corrected chi connectivity index (χ1v) is 6.52. The summed E-state index contributed by atoms with van der Waals surface area (Å²) in [5.74, 6) is 0.628. The van der Waals surface area contributed by atoms with Gasteiger partial charge in [0.1, 0.15) is 5.75 Å². The number of benzene rings is 2. The van der Waals surface area contributed by atoms with Crippen LogP contribution < -0.4 is 4.74 Å². The van der Waals surface area contributed by atoms with Crippen LogP contribution in [-0.4, -0.2) is 7.11 Å². The van der Waals surface area contributed by atoms with Crippen LogP contribution in [0.15, 0.2) is 30.3 Å². The van der Waals surface area contributed by atoms with Gasteiger partial charge >= 0.3 is 0 Å². The topological polar surface area (TPSA) is 9.23 Å². The Labute approximate surface area is 125 Å². The molecule has 0 heterocycles. The molecule has 2 aromatic carbocycles. The lowest BCUT2D eigenvalue weighted by molar-refractivity contribution is 0.416. The molecular formula is C13H8Cl4O. The van der Waals surface area contributed by atoms with Gasteiger partial charge in [-0.25, -0.2) is 0 Å². The smallest absolute Gasteiger partial charge is 0.128 e. The molecule has 0 unspecified atom stereocenters. The normalized spacial score (nSPS) is 10.5. The van der Waals surface area contributed by atoms with E-state index in [1.807, 2.05) is 6.07 Å². The number of rotatable bonds is 2. The second-order valence-corrected chi connectivity index (χ2v) is 5.22. The summed E-state index contributed by atoms with van der Waals surface area (Å²) in [6, 6.07) is 8.73. The van der Waals surface area contributed by atoms with Crippen LogP contribution >= 0.6 is 46.4 Å². The Kier molecular flexibility index (Phi) is 4.29. The third-order valence-corrected chi connectivity index (χ3v) is 3.93. The molecular weight excluding hydrogens is 314 g/mol. The molecule has 0 aromatic heterocycles. The second-order valence-electron chi connectivity index (χ2n) is 3.60. The fourth-order valence-electron chi connectivity index (χ4n) is 1.59. The highest BCUT2D eigenvalue weighted by molar-refractivity contribution is 6.43. The Morgan fingerprint density at radius 2 is 1.39 bits per heavy atom. The van der Waals surface area contributed by atoms with Gasteiger partial charge in [-0.15, -0.1) is 0 Å². The van der Waals surface area contributed by atoms with E-state index in [1.165, 1.54) is 0 Å². The van der Waals surface area contributed by atoms with E-state index in [4.69, 9.17) is 51.1 Å². The Bertz CT molecular complexity index is 596.